The number of halogens is 1. The maximum atomic E-state index is 9.67. The summed E-state index contributed by atoms with van der Waals surface area (Å²) >= 11 is 6.48. The Labute approximate surface area is 174 Å². The molecule has 0 bridgehead atoms. The monoisotopic (exact) mass is 415 g/mol. The van der Waals surface area contributed by atoms with Crippen molar-refractivity contribution in [2.75, 3.05) is 17.7 Å². The minimum Gasteiger partial charge on any atom is -0.454 e. The van der Waals surface area contributed by atoms with E-state index in [1.165, 1.54) is 0 Å². The van der Waals surface area contributed by atoms with Crippen LogP contribution < -0.4 is 11.1 Å². The van der Waals surface area contributed by atoms with Gasteiger partial charge in [-0.25, -0.2) is 4.98 Å². The Morgan fingerprint density at radius 3 is 2.76 bits per heavy atom. The van der Waals surface area contributed by atoms with Crippen LogP contribution in [0.5, 0.6) is 0 Å². The third kappa shape index (κ3) is 3.65. The molecule has 1 saturated carbocycles. The Bertz CT molecular complexity index is 1040. The van der Waals surface area contributed by atoms with E-state index < -0.39 is 0 Å². The largest absolute Gasteiger partial charge is 0.454 e. The molecular formula is C21H26ClN5O2. The fourth-order valence-electron chi connectivity index (χ4n) is 4.24. The lowest BCUT2D eigenvalue weighted by Gasteiger charge is -2.21. The fraction of sp³-hybridized carbons (Fsp3) is 0.476. The average Bonchev–Trinajstić information content (AvgIpc) is 3.22. The van der Waals surface area contributed by atoms with Gasteiger partial charge in [0, 0.05) is 23.7 Å². The molecule has 0 amide bonds. The molecule has 1 aliphatic carbocycles. The first-order valence-electron chi connectivity index (χ1n) is 10.0. The molecular weight excluding hydrogens is 390 g/mol. The Morgan fingerprint density at radius 1 is 1.28 bits per heavy atom. The molecule has 3 aromatic rings. The predicted octanol–water partition coefficient (Wildman–Crippen LogP) is 4.15. The maximum absolute atomic E-state index is 9.67. The third-order valence-electron chi connectivity index (χ3n) is 6.27. The number of nitrogen functional groups attached to an aromatic ring is 1. The van der Waals surface area contributed by atoms with E-state index in [1.807, 2.05) is 12.1 Å². The molecule has 29 heavy (non-hydrogen) atoms. The molecule has 3 heterocycles. The molecule has 8 heteroatoms. The van der Waals surface area contributed by atoms with Gasteiger partial charge in [-0.15, -0.1) is 0 Å². The molecule has 0 aliphatic heterocycles. The zero-order valence-corrected chi connectivity index (χ0v) is 17.6. The highest BCUT2D eigenvalue weighted by Crippen LogP contribution is 2.41. The number of aromatic nitrogens is 3. The quantitative estimate of drug-likeness (QED) is 0.537. The number of pyridine rings is 1. The standard InChI is InChI=1S/C21H26ClN5O2/c1-4-14-5-12-7-16(29-17(12)8-24-14)18-19(22)26-21(23)27-20(18)25-15-6-13(9-28)10(2)11(15)3/h5,7-8,10-11,13,15,28H,4,6,9H2,1-3H3,(H3,23,25,26,27). The summed E-state index contributed by atoms with van der Waals surface area (Å²) in [4.78, 5) is 12.9. The van der Waals surface area contributed by atoms with Crippen LogP contribution in [0.1, 0.15) is 32.9 Å². The molecule has 4 unspecified atom stereocenters. The topological polar surface area (TPSA) is 110 Å². The van der Waals surface area contributed by atoms with Crippen LogP contribution in [-0.2, 0) is 6.42 Å². The number of nitrogens with two attached hydrogens (primary N) is 1. The van der Waals surface area contributed by atoms with Crippen molar-refractivity contribution in [3.63, 3.8) is 0 Å². The van der Waals surface area contributed by atoms with Crippen LogP contribution in [-0.4, -0.2) is 32.7 Å². The van der Waals surface area contributed by atoms with Crippen molar-refractivity contribution >= 4 is 34.3 Å². The van der Waals surface area contributed by atoms with Crippen molar-refractivity contribution in [2.45, 2.75) is 39.7 Å². The van der Waals surface area contributed by atoms with Gasteiger partial charge in [0.25, 0.3) is 0 Å². The molecule has 4 atom stereocenters. The number of aryl methyl sites for hydroxylation is 1. The first-order valence-corrected chi connectivity index (χ1v) is 10.4. The Morgan fingerprint density at radius 2 is 2.07 bits per heavy atom. The second-order valence-corrected chi connectivity index (χ2v) is 8.28. The number of furan rings is 1. The summed E-state index contributed by atoms with van der Waals surface area (Å²) in [5.74, 6) is 2.24. The molecule has 0 saturated heterocycles. The van der Waals surface area contributed by atoms with E-state index in [9.17, 15) is 5.11 Å². The molecule has 4 N–H and O–H groups in total. The zero-order chi connectivity index (χ0) is 20.7. The van der Waals surface area contributed by atoms with E-state index in [-0.39, 0.29) is 29.7 Å². The molecule has 0 spiro atoms. The van der Waals surface area contributed by atoms with Gasteiger partial charge in [0.2, 0.25) is 5.95 Å². The van der Waals surface area contributed by atoms with Crippen molar-refractivity contribution < 1.29 is 9.52 Å². The van der Waals surface area contributed by atoms with Crippen LogP contribution in [0.25, 0.3) is 22.3 Å². The van der Waals surface area contributed by atoms with Gasteiger partial charge in [0.15, 0.2) is 5.58 Å². The van der Waals surface area contributed by atoms with Crippen molar-refractivity contribution in [3.8, 4) is 11.3 Å². The fourth-order valence-corrected chi connectivity index (χ4v) is 4.51. The number of nitrogens with zero attached hydrogens (tertiary/aromatic N) is 3. The number of fused-ring (bicyclic) bond motifs is 1. The van der Waals surface area contributed by atoms with Gasteiger partial charge in [0.05, 0.1) is 11.8 Å². The number of hydrogen-bond donors (Lipinski definition) is 3. The molecule has 0 radical (unpaired) electrons. The molecule has 154 valence electrons. The van der Waals surface area contributed by atoms with Gasteiger partial charge >= 0.3 is 0 Å². The average molecular weight is 416 g/mol. The van der Waals surface area contributed by atoms with Crippen LogP contribution in [0.4, 0.5) is 11.8 Å². The molecule has 3 aromatic heterocycles. The highest BCUT2D eigenvalue weighted by atomic mass is 35.5. The van der Waals surface area contributed by atoms with Gasteiger partial charge < -0.3 is 20.6 Å². The number of rotatable bonds is 5. The van der Waals surface area contributed by atoms with Crippen LogP contribution >= 0.6 is 11.6 Å². The smallest absolute Gasteiger partial charge is 0.223 e. The molecule has 1 fully saturated rings. The minimum absolute atomic E-state index is 0.102. The predicted molar refractivity (Wildman–Crippen MR) is 115 cm³/mol. The summed E-state index contributed by atoms with van der Waals surface area (Å²) in [5, 5.41) is 14.4. The van der Waals surface area contributed by atoms with E-state index in [2.05, 4.69) is 41.0 Å². The number of aliphatic hydroxyl groups is 1. The van der Waals surface area contributed by atoms with Gasteiger partial charge in [0.1, 0.15) is 16.7 Å². The van der Waals surface area contributed by atoms with E-state index in [1.54, 1.807) is 6.20 Å². The maximum Gasteiger partial charge on any atom is 0.223 e. The van der Waals surface area contributed by atoms with Crippen molar-refractivity contribution in [2.24, 2.45) is 17.8 Å². The van der Waals surface area contributed by atoms with Crippen LogP contribution in [0.15, 0.2) is 22.7 Å². The third-order valence-corrected chi connectivity index (χ3v) is 6.55. The van der Waals surface area contributed by atoms with E-state index in [0.717, 1.165) is 23.9 Å². The number of hydrogen-bond acceptors (Lipinski definition) is 7. The summed E-state index contributed by atoms with van der Waals surface area (Å²) < 4.78 is 6.02. The zero-order valence-electron chi connectivity index (χ0n) is 16.8. The first-order chi connectivity index (χ1) is 13.9. The lowest BCUT2D eigenvalue weighted by molar-refractivity contribution is 0.191. The molecule has 1 aliphatic rings. The van der Waals surface area contributed by atoms with Gasteiger partial charge in [-0.05, 0) is 42.7 Å². The molecule has 7 nitrogen and oxygen atoms in total. The molecule has 0 aromatic carbocycles. The number of aliphatic hydroxyl groups excluding tert-OH is 1. The van der Waals surface area contributed by atoms with Crippen molar-refractivity contribution in [1.29, 1.82) is 0 Å². The van der Waals surface area contributed by atoms with E-state index in [4.69, 9.17) is 21.8 Å². The Hall–Kier alpha value is -2.38. The number of anilines is 2. The summed E-state index contributed by atoms with van der Waals surface area (Å²) in [6.07, 6.45) is 3.42. The summed E-state index contributed by atoms with van der Waals surface area (Å²) in [6.45, 7) is 6.60. The van der Waals surface area contributed by atoms with E-state index in [0.29, 0.717) is 34.6 Å². The van der Waals surface area contributed by atoms with Gasteiger partial charge in [-0.3, -0.25) is 4.98 Å². The second kappa shape index (κ2) is 7.80. The first kappa shape index (κ1) is 19.9. The van der Waals surface area contributed by atoms with E-state index >= 15 is 0 Å². The SMILES string of the molecule is CCc1cc2cc(-c3c(Cl)nc(N)nc3NC3CC(CO)C(C)C3C)oc2cn1. The Kier molecular flexibility index (Phi) is 5.36. The summed E-state index contributed by atoms with van der Waals surface area (Å²) in [5.41, 5.74) is 8.14. The Balaban J connectivity index is 1.75. The second-order valence-electron chi connectivity index (χ2n) is 7.92. The minimum atomic E-state index is 0.102. The molecule has 4 rings (SSSR count). The lowest BCUT2D eigenvalue weighted by Crippen LogP contribution is -2.25. The van der Waals surface area contributed by atoms with Gasteiger partial charge in [-0.1, -0.05) is 32.4 Å². The summed E-state index contributed by atoms with van der Waals surface area (Å²) in [6, 6.07) is 4.08. The highest BCUT2D eigenvalue weighted by Gasteiger charge is 2.38. The normalized spacial score (nSPS) is 24.3. The van der Waals surface area contributed by atoms with Crippen molar-refractivity contribution in [1.82, 2.24) is 15.0 Å². The van der Waals surface area contributed by atoms with Gasteiger partial charge in [-0.2, -0.15) is 4.98 Å². The van der Waals surface area contributed by atoms with Crippen molar-refractivity contribution in [3.05, 3.63) is 29.2 Å². The number of nitrogens with one attached hydrogen (secondary N) is 1. The summed E-state index contributed by atoms with van der Waals surface area (Å²) in [7, 11) is 0. The van der Waals surface area contributed by atoms with Crippen LogP contribution in [0.3, 0.4) is 0 Å². The highest BCUT2D eigenvalue weighted by molar-refractivity contribution is 6.32. The van der Waals surface area contributed by atoms with Crippen LogP contribution in [0, 0.1) is 17.8 Å². The lowest BCUT2D eigenvalue weighted by atomic mass is 9.92. The van der Waals surface area contributed by atoms with Crippen LogP contribution in [0.2, 0.25) is 5.15 Å².